The molecule has 0 N–H and O–H groups in total. The predicted molar refractivity (Wildman–Crippen MR) is 101 cm³/mol. The van der Waals surface area contributed by atoms with E-state index in [0.717, 1.165) is 35.2 Å². The van der Waals surface area contributed by atoms with Crippen LogP contribution in [0.4, 0.5) is 0 Å². The highest BCUT2D eigenvalue weighted by molar-refractivity contribution is 9.09. The lowest BCUT2D eigenvalue weighted by atomic mass is 10.1. The summed E-state index contributed by atoms with van der Waals surface area (Å²) >= 11 is 3.39. The van der Waals surface area contributed by atoms with E-state index in [1.807, 2.05) is 36.4 Å². The molecule has 0 bridgehead atoms. The van der Waals surface area contributed by atoms with Gasteiger partial charge in [-0.15, -0.1) is 0 Å². The van der Waals surface area contributed by atoms with Crippen LogP contribution in [0.15, 0.2) is 54.6 Å². The molecule has 2 aromatic carbocycles. The first-order valence-corrected chi connectivity index (χ1v) is 9.00. The minimum Gasteiger partial charge on any atom is -0.497 e. The van der Waals surface area contributed by atoms with Crippen molar-refractivity contribution in [3.05, 3.63) is 65.7 Å². The number of rotatable bonds is 9. The molecule has 0 unspecified atom stereocenters. The second kappa shape index (κ2) is 9.93. The number of methoxy groups -OCH3 is 1. The monoisotopic (exact) mass is 388 g/mol. The van der Waals surface area contributed by atoms with Gasteiger partial charge in [-0.2, -0.15) is 0 Å². The summed E-state index contributed by atoms with van der Waals surface area (Å²) in [4.78, 5) is 12.2. The zero-order chi connectivity index (χ0) is 17.2. The van der Waals surface area contributed by atoms with Crippen LogP contribution in [0.1, 0.15) is 28.8 Å². The van der Waals surface area contributed by atoms with E-state index in [9.17, 15) is 4.79 Å². The van der Waals surface area contributed by atoms with Crippen LogP contribution < -0.4 is 9.47 Å². The van der Waals surface area contributed by atoms with Crippen LogP contribution >= 0.6 is 15.9 Å². The maximum absolute atomic E-state index is 12.2. The van der Waals surface area contributed by atoms with Crippen molar-refractivity contribution in [2.75, 3.05) is 19.0 Å². The van der Waals surface area contributed by atoms with Crippen molar-refractivity contribution in [3.8, 4) is 11.5 Å². The molecular weight excluding hydrogens is 368 g/mol. The first kappa shape index (κ1) is 18.3. The minimum absolute atomic E-state index is 0.0309. The molecule has 0 spiro atoms. The molecule has 0 amide bonds. The van der Waals surface area contributed by atoms with Gasteiger partial charge < -0.3 is 9.47 Å². The van der Waals surface area contributed by atoms with Crippen molar-refractivity contribution in [1.29, 1.82) is 0 Å². The molecule has 24 heavy (non-hydrogen) atoms. The second-order valence-corrected chi connectivity index (χ2v) is 6.03. The molecule has 0 fully saturated rings. The SMILES string of the molecule is COc1ccc(/C=C/C(=O)c2ccc(OCCCCBr)cc2)cc1. The highest BCUT2D eigenvalue weighted by Crippen LogP contribution is 2.15. The number of allylic oxidation sites excluding steroid dienone is 1. The van der Waals surface area contributed by atoms with Gasteiger partial charge in [-0.1, -0.05) is 34.1 Å². The van der Waals surface area contributed by atoms with E-state index < -0.39 is 0 Å². The summed E-state index contributed by atoms with van der Waals surface area (Å²) in [6.45, 7) is 0.691. The summed E-state index contributed by atoms with van der Waals surface area (Å²) in [5.41, 5.74) is 1.60. The molecule has 0 saturated carbocycles. The Kier molecular flexibility index (Phi) is 7.56. The molecule has 4 heteroatoms. The predicted octanol–water partition coefficient (Wildman–Crippen LogP) is 5.15. The molecular formula is C20H21BrO3. The Morgan fingerprint density at radius 1 is 1.00 bits per heavy atom. The molecule has 3 nitrogen and oxygen atoms in total. The van der Waals surface area contributed by atoms with Gasteiger partial charge >= 0.3 is 0 Å². The summed E-state index contributed by atoms with van der Waals surface area (Å²) < 4.78 is 10.7. The Morgan fingerprint density at radius 3 is 2.29 bits per heavy atom. The molecule has 2 rings (SSSR count). The van der Waals surface area contributed by atoms with Crippen LogP contribution in [-0.2, 0) is 0 Å². The Balaban J connectivity index is 1.90. The van der Waals surface area contributed by atoms with Crippen molar-refractivity contribution in [3.63, 3.8) is 0 Å². The summed E-state index contributed by atoms with van der Waals surface area (Å²) in [6.07, 6.45) is 5.48. The number of unbranched alkanes of at least 4 members (excludes halogenated alkanes) is 1. The molecule has 0 atom stereocenters. The number of hydrogen-bond acceptors (Lipinski definition) is 3. The molecule has 0 aliphatic heterocycles. The van der Waals surface area contributed by atoms with Crippen molar-refractivity contribution in [1.82, 2.24) is 0 Å². The van der Waals surface area contributed by atoms with E-state index in [2.05, 4.69) is 15.9 Å². The van der Waals surface area contributed by atoms with Crippen LogP contribution in [-0.4, -0.2) is 24.8 Å². The van der Waals surface area contributed by atoms with Gasteiger partial charge in [-0.05, 0) is 60.9 Å². The first-order valence-electron chi connectivity index (χ1n) is 7.88. The average Bonchev–Trinajstić information content (AvgIpc) is 2.64. The average molecular weight is 389 g/mol. The van der Waals surface area contributed by atoms with Gasteiger partial charge in [0.15, 0.2) is 5.78 Å². The van der Waals surface area contributed by atoms with E-state index in [1.165, 1.54) is 0 Å². The number of alkyl halides is 1. The number of carbonyl (C=O) groups excluding carboxylic acids is 1. The zero-order valence-electron chi connectivity index (χ0n) is 13.7. The van der Waals surface area contributed by atoms with Crippen molar-refractivity contribution >= 4 is 27.8 Å². The number of hydrogen-bond donors (Lipinski definition) is 0. The van der Waals surface area contributed by atoms with Crippen LogP contribution in [0.25, 0.3) is 6.08 Å². The maximum atomic E-state index is 12.2. The van der Waals surface area contributed by atoms with Crippen LogP contribution in [0.3, 0.4) is 0 Å². The van der Waals surface area contributed by atoms with Gasteiger partial charge in [0.25, 0.3) is 0 Å². The highest BCUT2D eigenvalue weighted by Gasteiger charge is 2.02. The third-order valence-electron chi connectivity index (χ3n) is 3.48. The fourth-order valence-electron chi connectivity index (χ4n) is 2.09. The summed E-state index contributed by atoms with van der Waals surface area (Å²) in [5.74, 6) is 1.56. The molecule has 0 aliphatic rings. The second-order valence-electron chi connectivity index (χ2n) is 5.24. The Morgan fingerprint density at radius 2 is 1.67 bits per heavy atom. The van der Waals surface area contributed by atoms with Crippen molar-refractivity contribution in [2.45, 2.75) is 12.8 Å². The fraction of sp³-hybridized carbons (Fsp3) is 0.250. The number of halogens is 1. The van der Waals surface area contributed by atoms with Crippen LogP contribution in [0, 0.1) is 0 Å². The third kappa shape index (κ3) is 5.85. The van der Waals surface area contributed by atoms with Gasteiger partial charge in [0.05, 0.1) is 13.7 Å². The standard InChI is InChI=1S/C20H21BrO3/c1-23-18-9-4-16(5-10-18)6-13-20(22)17-7-11-19(12-8-17)24-15-3-2-14-21/h4-13H,2-3,14-15H2,1H3/b13-6+. The quantitative estimate of drug-likeness (QED) is 0.258. The van der Waals surface area contributed by atoms with Gasteiger partial charge in [0.2, 0.25) is 0 Å². The normalized spacial score (nSPS) is 10.8. The number of ketones is 1. The Bertz CT molecular complexity index is 660. The summed E-state index contributed by atoms with van der Waals surface area (Å²) in [5, 5.41) is 0.990. The third-order valence-corrected chi connectivity index (χ3v) is 4.04. The zero-order valence-corrected chi connectivity index (χ0v) is 15.3. The summed E-state index contributed by atoms with van der Waals surface area (Å²) in [6, 6.07) is 14.8. The van der Waals surface area contributed by atoms with Gasteiger partial charge in [0.1, 0.15) is 11.5 Å². The van der Waals surface area contributed by atoms with Crippen molar-refractivity contribution < 1.29 is 14.3 Å². The first-order chi connectivity index (χ1) is 11.7. The lowest BCUT2D eigenvalue weighted by molar-refractivity contribution is 0.104. The molecule has 0 aromatic heterocycles. The van der Waals surface area contributed by atoms with Gasteiger partial charge in [-0.25, -0.2) is 0 Å². The maximum Gasteiger partial charge on any atom is 0.185 e. The summed E-state index contributed by atoms with van der Waals surface area (Å²) in [7, 11) is 1.63. The molecule has 0 heterocycles. The topological polar surface area (TPSA) is 35.5 Å². The highest BCUT2D eigenvalue weighted by atomic mass is 79.9. The molecule has 0 aliphatic carbocycles. The van der Waals surface area contributed by atoms with E-state index in [0.29, 0.717) is 12.2 Å². The van der Waals surface area contributed by atoms with Gasteiger partial charge in [0, 0.05) is 10.9 Å². The number of ether oxygens (including phenoxy) is 2. The number of benzene rings is 2. The van der Waals surface area contributed by atoms with E-state index in [-0.39, 0.29) is 5.78 Å². The van der Waals surface area contributed by atoms with Crippen molar-refractivity contribution in [2.24, 2.45) is 0 Å². The Hall–Kier alpha value is -2.07. The minimum atomic E-state index is -0.0309. The molecule has 126 valence electrons. The molecule has 0 saturated heterocycles. The smallest absolute Gasteiger partial charge is 0.185 e. The van der Waals surface area contributed by atoms with E-state index in [4.69, 9.17) is 9.47 Å². The van der Waals surface area contributed by atoms with Crippen LogP contribution in [0.2, 0.25) is 0 Å². The lowest BCUT2D eigenvalue weighted by Crippen LogP contribution is -1.99. The number of carbonyl (C=O) groups is 1. The molecule has 2 aromatic rings. The molecule has 0 radical (unpaired) electrons. The lowest BCUT2D eigenvalue weighted by Gasteiger charge is -2.05. The van der Waals surface area contributed by atoms with E-state index >= 15 is 0 Å². The van der Waals surface area contributed by atoms with Gasteiger partial charge in [-0.3, -0.25) is 4.79 Å². The Labute approximate surface area is 151 Å². The fourth-order valence-corrected chi connectivity index (χ4v) is 2.48. The largest absolute Gasteiger partial charge is 0.497 e. The van der Waals surface area contributed by atoms with Crippen LogP contribution in [0.5, 0.6) is 11.5 Å². The van der Waals surface area contributed by atoms with E-state index in [1.54, 1.807) is 31.4 Å².